The summed E-state index contributed by atoms with van der Waals surface area (Å²) in [6, 6.07) is 7.47. The number of rotatable bonds is 6. The third-order valence-electron chi connectivity index (χ3n) is 4.26. The number of nitrogens with zero attached hydrogens (tertiary/aromatic N) is 2. The van der Waals surface area contributed by atoms with E-state index in [0.717, 1.165) is 5.56 Å². The summed E-state index contributed by atoms with van der Waals surface area (Å²) in [5.41, 5.74) is 1.48. The zero-order chi connectivity index (χ0) is 17.6. The van der Waals surface area contributed by atoms with E-state index in [-0.39, 0.29) is 30.8 Å². The van der Waals surface area contributed by atoms with E-state index in [9.17, 15) is 9.59 Å². The van der Waals surface area contributed by atoms with Crippen molar-refractivity contribution in [3.05, 3.63) is 41.7 Å². The molecule has 0 atom stereocenters. The molecular weight excluding hydrogens is 320 g/mol. The average molecular weight is 342 g/mol. The molecule has 0 N–H and O–H groups in total. The molecule has 0 aromatic heterocycles. The molecule has 1 aromatic carbocycles. The molecule has 0 bridgehead atoms. The number of carbonyl (C=O) groups excluding carboxylic acids is 2. The average Bonchev–Trinajstić information content (AvgIpc) is 2.62. The van der Waals surface area contributed by atoms with E-state index in [1.54, 1.807) is 13.2 Å². The molecule has 0 spiro atoms. The van der Waals surface area contributed by atoms with E-state index < -0.39 is 0 Å². The van der Waals surface area contributed by atoms with Crippen molar-refractivity contribution in [2.24, 2.45) is 4.99 Å². The number of morpholine rings is 1. The van der Waals surface area contributed by atoms with E-state index >= 15 is 0 Å². The van der Waals surface area contributed by atoms with Gasteiger partial charge in [0, 0.05) is 49.7 Å². The van der Waals surface area contributed by atoms with Gasteiger partial charge in [-0.3, -0.25) is 9.59 Å². The van der Waals surface area contributed by atoms with Crippen LogP contribution in [0.5, 0.6) is 5.75 Å². The van der Waals surface area contributed by atoms with Crippen LogP contribution in [0.15, 0.2) is 41.2 Å². The van der Waals surface area contributed by atoms with Crippen molar-refractivity contribution >= 4 is 17.3 Å². The van der Waals surface area contributed by atoms with Gasteiger partial charge in [0.25, 0.3) is 0 Å². The predicted octanol–water partition coefficient (Wildman–Crippen LogP) is 1.78. The standard InChI is InChI=1S/C19H22N2O4/c1-24-18-5-3-2-4-14(18)10-16(22)11-15-12-17(23)13-19(20-15)21-6-8-25-9-7-21/h2-5,13H,6-12H2,1H3. The minimum Gasteiger partial charge on any atom is -0.496 e. The molecule has 2 aliphatic rings. The number of ketones is 2. The largest absolute Gasteiger partial charge is 0.496 e. The highest BCUT2D eigenvalue weighted by molar-refractivity contribution is 6.14. The van der Waals surface area contributed by atoms with Crippen molar-refractivity contribution in [2.75, 3.05) is 33.4 Å². The number of carbonyl (C=O) groups is 2. The van der Waals surface area contributed by atoms with Crippen molar-refractivity contribution in [2.45, 2.75) is 19.3 Å². The van der Waals surface area contributed by atoms with Crippen LogP contribution in [0.1, 0.15) is 18.4 Å². The Kier molecular flexibility index (Phi) is 5.60. The summed E-state index contributed by atoms with van der Waals surface area (Å²) in [5.74, 6) is 1.38. The van der Waals surface area contributed by atoms with Gasteiger partial charge in [-0.05, 0) is 6.07 Å². The van der Waals surface area contributed by atoms with Crippen molar-refractivity contribution in [1.29, 1.82) is 0 Å². The van der Waals surface area contributed by atoms with Gasteiger partial charge in [-0.25, -0.2) is 4.99 Å². The molecule has 0 saturated carbocycles. The highest BCUT2D eigenvalue weighted by Gasteiger charge is 2.21. The first-order valence-electron chi connectivity index (χ1n) is 8.43. The number of benzene rings is 1. The summed E-state index contributed by atoms with van der Waals surface area (Å²) in [6.07, 6.45) is 2.24. The van der Waals surface area contributed by atoms with E-state index in [2.05, 4.69) is 4.99 Å². The Balaban J connectivity index is 1.66. The second-order valence-electron chi connectivity index (χ2n) is 6.13. The van der Waals surface area contributed by atoms with E-state index in [1.165, 1.54) is 0 Å². The quantitative estimate of drug-likeness (QED) is 0.788. The highest BCUT2D eigenvalue weighted by atomic mass is 16.5. The number of hydrogen-bond donors (Lipinski definition) is 0. The SMILES string of the molecule is COc1ccccc1CC(=O)CC1=NC(N2CCOCC2)=CC(=O)C1. The Hall–Kier alpha value is -2.47. The van der Waals surface area contributed by atoms with E-state index in [1.807, 2.05) is 29.2 Å². The number of ether oxygens (including phenoxy) is 2. The molecule has 0 radical (unpaired) electrons. The number of para-hydroxylation sites is 1. The lowest BCUT2D eigenvalue weighted by atomic mass is 10.0. The molecule has 2 aliphatic heterocycles. The second kappa shape index (κ2) is 8.07. The van der Waals surface area contributed by atoms with Crippen LogP contribution in [-0.4, -0.2) is 55.6 Å². The van der Waals surface area contributed by atoms with Gasteiger partial charge in [0.15, 0.2) is 5.78 Å². The smallest absolute Gasteiger partial charge is 0.164 e. The number of Topliss-reactive ketones (excluding diaryl/α,β-unsaturated/α-hetero) is 1. The van der Waals surface area contributed by atoms with Gasteiger partial charge in [-0.1, -0.05) is 18.2 Å². The lowest BCUT2D eigenvalue weighted by Crippen LogP contribution is -2.36. The third kappa shape index (κ3) is 4.54. The first-order valence-corrected chi connectivity index (χ1v) is 8.43. The van der Waals surface area contributed by atoms with Crippen molar-refractivity contribution < 1.29 is 19.1 Å². The molecule has 0 unspecified atom stereocenters. The van der Waals surface area contributed by atoms with Crippen molar-refractivity contribution in [3.8, 4) is 5.75 Å². The molecule has 25 heavy (non-hydrogen) atoms. The van der Waals surface area contributed by atoms with Crippen LogP contribution in [0, 0.1) is 0 Å². The molecule has 6 heteroatoms. The van der Waals surface area contributed by atoms with Gasteiger partial charge in [-0.15, -0.1) is 0 Å². The Morgan fingerprint density at radius 1 is 1.24 bits per heavy atom. The van der Waals surface area contributed by atoms with Crippen LogP contribution in [-0.2, 0) is 20.7 Å². The summed E-state index contributed by atoms with van der Waals surface area (Å²) in [7, 11) is 1.59. The summed E-state index contributed by atoms with van der Waals surface area (Å²) in [5, 5.41) is 0. The molecule has 132 valence electrons. The minimum atomic E-state index is -0.00316. The monoisotopic (exact) mass is 342 g/mol. The molecule has 0 amide bonds. The third-order valence-corrected chi connectivity index (χ3v) is 4.26. The van der Waals surface area contributed by atoms with Crippen LogP contribution in [0.25, 0.3) is 0 Å². The lowest BCUT2D eigenvalue weighted by Gasteiger charge is -2.30. The van der Waals surface area contributed by atoms with Crippen LogP contribution >= 0.6 is 0 Å². The molecule has 0 aliphatic carbocycles. The maximum absolute atomic E-state index is 12.4. The first-order chi connectivity index (χ1) is 12.2. The van der Waals surface area contributed by atoms with Crippen LogP contribution in [0.4, 0.5) is 0 Å². The van der Waals surface area contributed by atoms with Crippen molar-refractivity contribution in [3.63, 3.8) is 0 Å². The highest BCUT2D eigenvalue weighted by Crippen LogP contribution is 2.20. The normalized spacial score (nSPS) is 17.8. The Labute approximate surface area is 147 Å². The molecule has 3 rings (SSSR count). The lowest BCUT2D eigenvalue weighted by molar-refractivity contribution is -0.117. The van der Waals surface area contributed by atoms with E-state index in [4.69, 9.17) is 9.47 Å². The zero-order valence-corrected chi connectivity index (χ0v) is 14.4. The van der Waals surface area contributed by atoms with Crippen molar-refractivity contribution in [1.82, 2.24) is 4.90 Å². The Morgan fingerprint density at radius 2 is 2.00 bits per heavy atom. The van der Waals surface area contributed by atoms with Gasteiger partial charge in [0.05, 0.1) is 20.3 Å². The van der Waals surface area contributed by atoms with Gasteiger partial charge in [-0.2, -0.15) is 0 Å². The topological polar surface area (TPSA) is 68.2 Å². The fraction of sp³-hybridized carbons (Fsp3) is 0.421. The molecule has 1 fully saturated rings. The number of aliphatic imine (C=N–C) groups is 1. The number of allylic oxidation sites excluding steroid dienone is 1. The predicted molar refractivity (Wildman–Crippen MR) is 93.9 cm³/mol. The molecule has 1 saturated heterocycles. The zero-order valence-electron chi connectivity index (χ0n) is 14.4. The fourth-order valence-electron chi connectivity index (χ4n) is 3.04. The fourth-order valence-corrected chi connectivity index (χ4v) is 3.04. The number of hydrogen-bond acceptors (Lipinski definition) is 6. The van der Waals surface area contributed by atoms with Crippen LogP contribution in [0.2, 0.25) is 0 Å². The van der Waals surface area contributed by atoms with E-state index in [0.29, 0.717) is 43.6 Å². The van der Waals surface area contributed by atoms with Gasteiger partial charge >= 0.3 is 0 Å². The Bertz CT molecular complexity index is 718. The maximum Gasteiger partial charge on any atom is 0.164 e. The maximum atomic E-state index is 12.4. The summed E-state index contributed by atoms with van der Waals surface area (Å²) in [4.78, 5) is 31.0. The number of methoxy groups -OCH3 is 1. The summed E-state index contributed by atoms with van der Waals surface area (Å²) >= 11 is 0. The van der Waals surface area contributed by atoms with Gasteiger partial charge in [0.1, 0.15) is 17.4 Å². The summed E-state index contributed by atoms with van der Waals surface area (Å²) < 4.78 is 10.6. The molecule has 2 heterocycles. The first kappa shape index (κ1) is 17.4. The van der Waals surface area contributed by atoms with Crippen LogP contribution < -0.4 is 4.74 Å². The second-order valence-corrected chi connectivity index (χ2v) is 6.13. The Morgan fingerprint density at radius 3 is 2.76 bits per heavy atom. The van der Waals surface area contributed by atoms with Gasteiger partial charge in [0.2, 0.25) is 0 Å². The minimum absolute atomic E-state index is 0.00316. The molecule has 1 aromatic rings. The summed E-state index contributed by atoms with van der Waals surface area (Å²) in [6.45, 7) is 2.68. The van der Waals surface area contributed by atoms with Gasteiger partial charge < -0.3 is 14.4 Å². The van der Waals surface area contributed by atoms with Crippen LogP contribution in [0.3, 0.4) is 0 Å². The molecular formula is C19H22N2O4. The molecule has 6 nitrogen and oxygen atoms in total.